The molecule has 0 aromatic heterocycles. The summed E-state index contributed by atoms with van der Waals surface area (Å²) in [4.78, 5) is 0. The molecule has 120 valence electrons. The summed E-state index contributed by atoms with van der Waals surface area (Å²) in [7, 11) is 1.66. The zero-order valence-electron chi connectivity index (χ0n) is 13.8. The van der Waals surface area contributed by atoms with Gasteiger partial charge in [-0.25, -0.2) is 0 Å². The van der Waals surface area contributed by atoms with Crippen LogP contribution in [-0.2, 0) is 18.9 Å². The highest BCUT2D eigenvalue weighted by atomic mass is 16.9. The van der Waals surface area contributed by atoms with Gasteiger partial charge in [0.15, 0.2) is 0 Å². The average Bonchev–Trinajstić information content (AvgIpc) is 2.47. The molecule has 0 saturated carbocycles. The van der Waals surface area contributed by atoms with Gasteiger partial charge in [0.1, 0.15) is 6.61 Å². The SMILES string of the molecule is COCC#CCCCCC12OCC(C(C)(C)C)(CO1)CO2. The molecule has 0 N–H and O–H groups in total. The van der Waals surface area contributed by atoms with Crippen molar-refractivity contribution in [1.29, 1.82) is 0 Å². The number of fused-ring (bicyclic) bond motifs is 3. The monoisotopic (exact) mass is 296 g/mol. The van der Waals surface area contributed by atoms with Gasteiger partial charge in [-0.2, -0.15) is 0 Å². The predicted molar refractivity (Wildman–Crippen MR) is 80.6 cm³/mol. The molecule has 3 aliphatic heterocycles. The lowest BCUT2D eigenvalue weighted by molar-refractivity contribution is -0.480. The maximum absolute atomic E-state index is 5.94. The van der Waals surface area contributed by atoms with Crippen LogP contribution in [0.5, 0.6) is 0 Å². The van der Waals surface area contributed by atoms with Crippen molar-refractivity contribution in [2.45, 2.75) is 52.4 Å². The van der Waals surface area contributed by atoms with Gasteiger partial charge in [0.2, 0.25) is 0 Å². The Morgan fingerprint density at radius 2 is 1.62 bits per heavy atom. The van der Waals surface area contributed by atoms with E-state index in [9.17, 15) is 0 Å². The Balaban J connectivity index is 1.74. The van der Waals surface area contributed by atoms with Crippen LogP contribution in [0, 0.1) is 22.7 Å². The largest absolute Gasteiger partial charge is 0.372 e. The van der Waals surface area contributed by atoms with E-state index in [1.165, 1.54) is 0 Å². The van der Waals surface area contributed by atoms with Crippen molar-refractivity contribution in [3.05, 3.63) is 0 Å². The summed E-state index contributed by atoms with van der Waals surface area (Å²) in [6.45, 7) is 9.35. The third-order valence-electron chi connectivity index (χ3n) is 4.67. The number of rotatable bonds is 5. The second-order valence-electron chi connectivity index (χ2n) is 7.07. The Bertz CT molecular complexity index is 375. The first-order valence-corrected chi connectivity index (χ1v) is 7.80. The number of hydrogen-bond donors (Lipinski definition) is 0. The molecule has 0 amide bonds. The van der Waals surface area contributed by atoms with Gasteiger partial charge in [-0.3, -0.25) is 0 Å². The number of methoxy groups -OCH3 is 1. The maximum atomic E-state index is 5.94. The van der Waals surface area contributed by atoms with E-state index in [2.05, 4.69) is 32.6 Å². The zero-order chi connectivity index (χ0) is 15.4. The van der Waals surface area contributed by atoms with Crippen LogP contribution >= 0.6 is 0 Å². The van der Waals surface area contributed by atoms with Crippen LogP contribution in [0.25, 0.3) is 0 Å². The molecule has 0 aliphatic carbocycles. The van der Waals surface area contributed by atoms with E-state index in [0.717, 1.165) is 45.5 Å². The maximum Gasteiger partial charge on any atom is 0.282 e. The van der Waals surface area contributed by atoms with E-state index in [1.807, 2.05) is 0 Å². The molecular formula is C17H28O4. The third-order valence-corrected chi connectivity index (χ3v) is 4.67. The van der Waals surface area contributed by atoms with Crippen molar-refractivity contribution in [2.24, 2.45) is 10.8 Å². The predicted octanol–water partition coefficient (Wildman–Crippen LogP) is 2.96. The number of unbranched alkanes of at least 4 members (excludes halogenated alkanes) is 2. The van der Waals surface area contributed by atoms with E-state index < -0.39 is 5.97 Å². The molecule has 3 saturated heterocycles. The fraction of sp³-hybridized carbons (Fsp3) is 0.882. The summed E-state index contributed by atoms with van der Waals surface area (Å²) in [5.41, 5.74) is 0.108. The Labute approximate surface area is 128 Å². The minimum atomic E-state index is -0.799. The molecular weight excluding hydrogens is 268 g/mol. The molecule has 0 unspecified atom stereocenters. The van der Waals surface area contributed by atoms with Crippen LogP contribution in [0.1, 0.15) is 46.5 Å². The normalized spacial score (nSPS) is 31.8. The highest BCUT2D eigenvalue weighted by Gasteiger charge is 2.56. The molecule has 3 rings (SSSR count). The van der Waals surface area contributed by atoms with Gasteiger partial charge in [0.05, 0.1) is 19.8 Å². The first-order chi connectivity index (χ1) is 9.93. The minimum absolute atomic E-state index is 0.0135. The molecule has 21 heavy (non-hydrogen) atoms. The standard InChI is InChI=1S/C17H28O4/c1-15(2,3)16-12-19-17(20-13-16,21-14-16)10-8-6-5-7-9-11-18-4/h5-6,8,10-14H2,1-4H3. The molecule has 2 bridgehead atoms. The van der Waals surface area contributed by atoms with Crippen LogP contribution in [0.2, 0.25) is 0 Å². The first-order valence-electron chi connectivity index (χ1n) is 7.80. The zero-order valence-corrected chi connectivity index (χ0v) is 13.8. The fourth-order valence-corrected chi connectivity index (χ4v) is 2.63. The quantitative estimate of drug-likeness (QED) is 0.577. The lowest BCUT2D eigenvalue weighted by Gasteiger charge is -2.57. The highest BCUT2D eigenvalue weighted by molar-refractivity contribution is 4.99. The summed E-state index contributed by atoms with van der Waals surface area (Å²) in [5.74, 6) is 5.25. The summed E-state index contributed by atoms with van der Waals surface area (Å²) in [5, 5.41) is 0. The van der Waals surface area contributed by atoms with Crippen molar-refractivity contribution in [3.63, 3.8) is 0 Å². The average molecular weight is 296 g/mol. The fourth-order valence-electron chi connectivity index (χ4n) is 2.63. The summed E-state index contributed by atoms with van der Waals surface area (Å²) in [6, 6.07) is 0. The first kappa shape index (κ1) is 16.8. The van der Waals surface area contributed by atoms with E-state index in [4.69, 9.17) is 18.9 Å². The molecule has 0 aromatic rings. The Kier molecular flexibility index (Phi) is 5.32. The van der Waals surface area contributed by atoms with E-state index in [-0.39, 0.29) is 10.8 Å². The molecule has 0 atom stereocenters. The summed E-state index contributed by atoms with van der Waals surface area (Å²) in [6.07, 6.45) is 3.67. The summed E-state index contributed by atoms with van der Waals surface area (Å²) >= 11 is 0. The van der Waals surface area contributed by atoms with Gasteiger partial charge in [-0.05, 0) is 18.3 Å². The second-order valence-corrected chi connectivity index (χ2v) is 7.07. The van der Waals surface area contributed by atoms with Gasteiger partial charge in [-0.15, -0.1) is 5.92 Å². The van der Waals surface area contributed by atoms with Gasteiger partial charge in [-0.1, -0.05) is 26.7 Å². The van der Waals surface area contributed by atoms with Crippen LogP contribution in [0.4, 0.5) is 0 Å². The topological polar surface area (TPSA) is 36.9 Å². The molecule has 3 fully saturated rings. The Morgan fingerprint density at radius 3 is 2.14 bits per heavy atom. The van der Waals surface area contributed by atoms with Gasteiger partial charge in [0.25, 0.3) is 5.97 Å². The van der Waals surface area contributed by atoms with E-state index in [1.54, 1.807) is 7.11 Å². The molecule has 4 heteroatoms. The molecule has 0 spiro atoms. The van der Waals surface area contributed by atoms with Crippen LogP contribution < -0.4 is 0 Å². The molecule has 3 heterocycles. The summed E-state index contributed by atoms with van der Waals surface area (Å²) < 4.78 is 22.7. The molecule has 3 aliphatic rings. The molecule has 0 radical (unpaired) electrons. The van der Waals surface area contributed by atoms with Crippen LogP contribution in [0.3, 0.4) is 0 Å². The Morgan fingerprint density at radius 1 is 1.00 bits per heavy atom. The molecule has 0 aromatic carbocycles. The Hall–Kier alpha value is -0.600. The van der Waals surface area contributed by atoms with E-state index >= 15 is 0 Å². The number of ether oxygens (including phenoxy) is 4. The van der Waals surface area contributed by atoms with Crippen molar-refractivity contribution >= 4 is 0 Å². The third kappa shape index (κ3) is 3.78. The van der Waals surface area contributed by atoms with Crippen molar-refractivity contribution in [3.8, 4) is 11.8 Å². The lowest BCUT2D eigenvalue weighted by Crippen LogP contribution is -2.64. The van der Waals surface area contributed by atoms with Crippen LogP contribution in [0.15, 0.2) is 0 Å². The van der Waals surface area contributed by atoms with Crippen molar-refractivity contribution < 1.29 is 18.9 Å². The highest BCUT2D eigenvalue weighted by Crippen LogP contribution is 2.49. The van der Waals surface area contributed by atoms with Gasteiger partial charge in [0, 0.05) is 25.4 Å². The van der Waals surface area contributed by atoms with Gasteiger partial charge < -0.3 is 18.9 Å². The minimum Gasteiger partial charge on any atom is -0.372 e. The van der Waals surface area contributed by atoms with Crippen molar-refractivity contribution in [1.82, 2.24) is 0 Å². The van der Waals surface area contributed by atoms with Crippen molar-refractivity contribution in [2.75, 3.05) is 33.5 Å². The second kappa shape index (κ2) is 6.66. The van der Waals surface area contributed by atoms with Crippen LogP contribution in [-0.4, -0.2) is 39.5 Å². The molecule has 4 nitrogen and oxygen atoms in total. The number of hydrogen-bond acceptors (Lipinski definition) is 4. The lowest BCUT2D eigenvalue weighted by atomic mass is 9.67. The van der Waals surface area contributed by atoms with Gasteiger partial charge >= 0.3 is 0 Å². The van der Waals surface area contributed by atoms with E-state index in [0.29, 0.717) is 6.61 Å². The smallest absolute Gasteiger partial charge is 0.282 e.